The summed E-state index contributed by atoms with van der Waals surface area (Å²) >= 11 is 0. The lowest BCUT2D eigenvalue weighted by Crippen LogP contribution is -2.26. The summed E-state index contributed by atoms with van der Waals surface area (Å²) in [6.07, 6.45) is -1.28. The Hall–Kier alpha value is -4.41. The average Bonchev–Trinajstić information content (AvgIpc) is 2.98. The molecule has 8 nitrogen and oxygen atoms in total. The van der Waals surface area contributed by atoms with Crippen LogP contribution in [-0.4, -0.2) is 29.0 Å². The molecule has 4 aromatic rings. The molecule has 0 saturated heterocycles. The summed E-state index contributed by atoms with van der Waals surface area (Å²) in [4.78, 5) is 22.6. The number of benzene rings is 1. The zero-order valence-corrected chi connectivity index (χ0v) is 19.0. The van der Waals surface area contributed by atoms with E-state index in [4.69, 9.17) is 4.74 Å². The molecule has 1 aromatic carbocycles. The molecule has 0 atom stereocenters. The molecule has 0 aliphatic carbocycles. The van der Waals surface area contributed by atoms with Gasteiger partial charge in [-0.3, -0.25) is 4.79 Å². The van der Waals surface area contributed by atoms with Gasteiger partial charge in [-0.15, -0.1) is 0 Å². The van der Waals surface area contributed by atoms with Gasteiger partial charge in [0.15, 0.2) is 12.0 Å². The quantitative estimate of drug-likeness (QED) is 0.321. The number of carbonyl (C=O) groups excluding carboxylic acids is 1. The monoisotopic (exact) mass is 495 g/mol. The second-order valence-electron chi connectivity index (χ2n) is 8.10. The highest BCUT2D eigenvalue weighted by Gasteiger charge is 2.35. The first-order chi connectivity index (χ1) is 17.3. The lowest BCUT2D eigenvalue weighted by atomic mass is 10.1. The van der Waals surface area contributed by atoms with E-state index in [1.54, 1.807) is 43.5 Å². The third-order valence-electron chi connectivity index (χ3n) is 5.83. The van der Waals surface area contributed by atoms with Gasteiger partial charge in [0.1, 0.15) is 17.3 Å². The second-order valence-corrected chi connectivity index (χ2v) is 8.10. The fraction of sp³-hybridized carbons (Fsp3) is 0.200. The van der Waals surface area contributed by atoms with E-state index in [9.17, 15) is 23.2 Å². The number of amides is 1. The number of carbonyl (C=O) groups is 1. The predicted octanol–water partition coefficient (Wildman–Crippen LogP) is 4.63. The van der Waals surface area contributed by atoms with Crippen LogP contribution in [0.15, 0.2) is 60.9 Å². The summed E-state index contributed by atoms with van der Waals surface area (Å²) in [6, 6.07) is 12.4. The third-order valence-corrected chi connectivity index (χ3v) is 5.83. The van der Waals surface area contributed by atoms with Gasteiger partial charge in [0.25, 0.3) is 5.91 Å². The minimum absolute atomic E-state index is 0.0189. The number of rotatable bonds is 5. The number of nitrogens with one attached hydrogen (secondary N) is 1. The molecular weight excluding hydrogens is 475 g/mol. The number of alkyl halides is 3. The van der Waals surface area contributed by atoms with E-state index in [2.05, 4.69) is 15.3 Å². The molecule has 4 heterocycles. The van der Waals surface area contributed by atoms with Gasteiger partial charge in [-0.25, -0.2) is 9.97 Å². The maximum atomic E-state index is 13.3. The van der Waals surface area contributed by atoms with Crippen LogP contribution in [0, 0.1) is 5.21 Å². The molecule has 1 aliphatic rings. The molecule has 11 heteroatoms. The van der Waals surface area contributed by atoms with E-state index in [1.807, 2.05) is 6.07 Å². The fourth-order valence-electron chi connectivity index (χ4n) is 4.10. The molecule has 0 spiro atoms. The van der Waals surface area contributed by atoms with E-state index >= 15 is 0 Å². The molecule has 1 N–H and O–H groups in total. The first-order valence-electron chi connectivity index (χ1n) is 11.2. The zero-order chi connectivity index (χ0) is 25.4. The van der Waals surface area contributed by atoms with Crippen LogP contribution in [-0.2, 0) is 12.6 Å². The Bertz CT molecular complexity index is 1480. The number of aromatic nitrogens is 3. The van der Waals surface area contributed by atoms with Crippen LogP contribution >= 0.6 is 0 Å². The minimum atomic E-state index is -4.62. The summed E-state index contributed by atoms with van der Waals surface area (Å²) in [7, 11) is 0. The fourth-order valence-corrected chi connectivity index (χ4v) is 4.10. The topological polar surface area (TPSA) is 94.3 Å². The molecule has 1 amide bonds. The zero-order valence-electron chi connectivity index (χ0n) is 19.0. The summed E-state index contributed by atoms with van der Waals surface area (Å²) in [5.41, 5.74) is 0.527. The summed E-state index contributed by atoms with van der Waals surface area (Å²) < 4.78 is 46.4. The van der Waals surface area contributed by atoms with Crippen LogP contribution in [0.2, 0.25) is 0 Å². The van der Waals surface area contributed by atoms with E-state index in [-0.39, 0.29) is 36.0 Å². The predicted molar refractivity (Wildman–Crippen MR) is 126 cm³/mol. The highest BCUT2D eigenvalue weighted by molar-refractivity contribution is 6.11. The maximum Gasteiger partial charge on any atom is 0.433 e. The highest BCUT2D eigenvalue weighted by Crippen LogP contribution is 2.38. The Morgan fingerprint density at radius 1 is 1.14 bits per heavy atom. The van der Waals surface area contributed by atoms with Crippen molar-refractivity contribution in [2.45, 2.75) is 19.5 Å². The molecule has 1 aliphatic heterocycles. The van der Waals surface area contributed by atoms with Gasteiger partial charge in [0.05, 0.1) is 23.2 Å². The number of hydrogen-bond donors (Lipinski definition) is 1. The third kappa shape index (κ3) is 4.23. The smallest absolute Gasteiger partial charge is 0.433 e. The van der Waals surface area contributed by atoms with Crippen molar-refractivity contribution in [2.75, 3.05) is 23.4 Å². The Morgan fingerprint density at radius 2 is 1.94 bits per heavy atom. The van der Waals surface area contributed by atoms with E-state index < -0.39 is 17.8 Å². The number of fused-ring (bicyclic) bond motifs is 3. The largest absolute Gasteiger partial charge is 0.618 e. The SMILES string of the molecule is CCN1c2nc(C(F)(F)F)ccc2NC(=O)c2cc(CCOc3cc[n+]([O-])c4ccccc34)cnc21. The Kier molecular flexibility index (Phi) is 5.83. The lowest BCUT2D eigenvalue weighted by molar-refractivity contribution is -0.577. The number of halogens is 3. The number of nitrogens with zero attached hydrogens (tertiary/aromatic N) is 4. The van der Waals surface area contributed by atoms with Crippen LogP contribution in [0.4, 0.5) is 30.5 Å². The van der Waals surface area contributed by atoms with E-state index in [0.29, 0.717) is 28.6 Å². The Morgan fingerprint density at radius 3 is 2.72 bits per heavy atom. The molecule has 0 saturated carbocycles. The van der Waals surface area contributed by atoms with Crippen LogP contribution in [0.1, 0.15) is 28.5 Å². The number of anilines is 3. The van der Waals surface area contributed by atoms with Gasteiger partial charge in [0, 0.05) is 31.3 Å². The second kappa shape index (κ2) is 8.99. The van der Waals surface area contributed by atoms with Gasteiger partial charge in [0.2, 0.25) is 5.52 Å². The Balaban J connectivity index is 1.40. The van der Waals surface area contributed by atoms with Gasteiger partial charge < -0.3 is 20.2 Å². The minimum Gasteiger partial charge on any atom is -0.618 e. The summed E-state index contributed by atoms with van der Waals surface area (Å²) in [5.74, 6) is 0.263. The van der Waals surface area contributed by atoms with Gasteiger partial charge in [-0.2, -0.15) is 17.9 Å². The number of pyridine rings is 3. The molecule has 0 bridgehead atoms. The normalized spacial score (nSPS) is 13.1. The van der Waals surface area contributed by atoms with Crippen molar-refractivity contribution >= 4 is 34.1 Å². The van der Waals surface area contributed by atoms with Gasteiger partial charge >= 0.3 is 6.18 Å². The average molecular weight is 495 g/mol. The standard InChI is InChI=1S/C25H20F3N5O3/c1-2-32-22-17(24(34)30-18-7-8-21(25(26,27)28)31-23(18)32)13-15(14-29-22)10-12-36-20-9-11-33(35)19-6-4-3-5-16(19)20/h3-9,11,13-14H,2,10,12H2,1H3,(H,30,34). The van der Waals surface area contributed by atoms with E-state index in [1.165, 1.54) is 17.2 Å². The van der Waals surface area contributed by atoms with Crippen LogP contribution in [0.5, 0.6) is 5.75 Å². The van der Waals surface area contributed by atoms with Crippen molar-refractivity contribution in [3.05, 3.63) is 83.0 Å². The van der Waals surface area contributed by atoms with Crippen molar-refractivity contribution in [1.82, 2.24) is 9.97 Å². The number of hydrogen-bond acceptors (Lipinski definition) is 6. The van der Waals surface area contributed by atoms with Crippen molar-refractivity contribution < 1.29 is 27.4 Å². The maximum absolute atomic E-state index is 13.3. The molecule has 0 unspecified atom stereocenters. The number of para-hydroxylation sites is 1. The molecule has 3 aromatic heterocycles. The van der Waals surface area contributed by atoms with Crippen molar-refractivity contribution in [1.29, 1.82) is 0 Å². The molecule has 184 valence electrons. The summed E-state index contributed by atoms with van der Waals surface area (Å²) in [5, 5.41) is 15.3. The van der Waals surface area contributed by atoms with E-state index in [0.717, 1.165) is 10.8 Å². The first kappa shape index (κ1) is 23.3. The Labute approximate surface area is 203 Å². The van der Waals surface area contributed by atoms with Crippen molar-refractivity contribution in [3.8, 4) is 5.75 Å². The van der Waals surface area contributed by atoms with Gasteiger partial charge in [-0.05, 0) is 36.8 Å². The number of ether oxygens (including phenoxy) is 1. The van der Waals surface area contributed by atoms with Crippen LogP contribution in [0.3, 0.4) is 0 Å². The molecule has 36 heavy (non-hydrogen) atoms. The molecule has 0 radical (unpaired) electrons. The van der Waals surface area contributed by atoms with Crippen molar-refractivity contribution in [2.24, 2.45) is 0 Å². The first-order valence-corrected chi connectivity index (χ1v) is 11.2. The molecule has 5 rings (SSSR count). The summed E-state index contributed by atoms with van der Waals surface area (Å²) in [6.45, 7) is 2.24. The molecular formula is C25H20F3N5O3. The van der Waals surface area contributed by atoms with Crippen LogP contribution in [0.25, 0.3) is 10.9 Å². The van der Waals surface area contributed by atoms with Crippen LogP contribution < -0.4 is 19.7 Å². The van der Waals surface area contributed by atoms with Gasteiger partial charge in [-0.1, -0.05) is 12.1 Å². The van der Waals surface area contributed by atoms with Crippen molar-refractivity contribution in [3.63, 3.8) is 0 Å². The molecule has 0 fully saturated rings. The lowest BCUT2D eigenvalue weighted by Gasteiger charge is -2.23. The highest BCUT2D eigenvalue weighted by atomic mass is 19.4.